The first kappa shape index (κ1) is 14.2. The molecule has 3 N–H and O–H groups in total. The van der Waals surface area contributed by atoms with Gasteiger partial charge in [0.15, 0.2) is 0 Å². The average Bonchev–Trinajstić information content (AvgIpc) is 2.38. The number of benzene rings is 1. The highest BCUT2D eigenvalue weighted by Gasteiger charge is 2.30. The number of nitrogens with one attached hydrogen (secondary N) is 2. The lowest BCUT2D eigenvalue weighted by Crippen LogP contribution is -2.53. The largest absolute Gasteiger partial charge is 0.493 e. The summed E-state index contributed by atoms with van der Waals surface area (Å²) in [6.07, 6.45) is 0.651. The lowest BCUT2D eigenvalue weighted by Gasteiger charge is -2.28. The van der Waals surface area contributed by atoms with Crippen molar-refractivity contribution in [3.05, 3.63) is 29.8 Å². The molecule has 2 amide bonds. The Morgan fingerprint density at radius 2 is 2.05 bits per heavy atom. The molecule has 0 aromatic heterocycles. The molecular formula is C14H18N2O4. The second kappa shape index (κ2) is 5.40. The first-order valence-corrected chi connectivity index (χ1v) is 6.44. The van der Waals surface area contributed by atoms with E-state index in [2.05, 4.69) is 10.6 Å². The Kier molecular flexibility index (Phi) is 3.83. The molecule has 0 radical (unpaired) electrons. The maximum absolute atomic E-state index is 11.9. The van der Waals surface area contributed by atoms with Gasteiger partial charge in [-0.1, -0.05) is 18.2 Å². The average molecular weight is 278 g/mol. The minimum Gasteiger partial charge on any atom is -0.493 e. The van der Waals surface area contributed by atoms with Crippen LogP contribution in [0, 0.1) is 0 Å². The summed E-state index contributed by atoms with van der Waals surface area (Å²) in [5, 5.41) is 14.2. The molecule has 0 saturated heterocycles. The van der Waals surface area contributed by atoms with E-state index in [4.69, 9.17) is 9.84 Å². The molecule has 0 aliphatic carbocycles. The Morgan fingerprint density at radius 1 is 1.35 bits per heavy atom. The van der Waals surface area contributed by atoms with Gasteiger partial charge >= 0.3 is 12.0 Å². The summed E-state index contributed by atoms with van der Waals surface area (Å²) in [6, 6.07) is 6.81. The lowest BCUT2D eigenvalue weighted by atomic mass is 10.0. The van der Waals surface area contributed by atoms with Crippen molar-refractivity contribution in [2.75, 3.05) is 6.61 Å². The monoisotopic (exact) mass is 278 g/mol. The van der Waals surface area contributed by atoms with E-state index in [9.17, 15) is 9.59 Å². The lowest BCUT2D eigenvalue weighted by molar-refractivity contribution is -0.142. The van der Waals surface area contributed by atoms with Crippen LogP contribution in [0.4, 0.5) is 4.79 Å². The molecule has 1 aliphatic rings. The molecule has 1 heterocycles. The van der Waals surface area contributed by atoms with E-state index in [0.717, 1.165) is 11.3 Å². The van der Waals surface area contributed by atoms with Gasteiger partial charge < -0.3 is 20.5 Å². The van der Waals surface area contributed by atoms with Gasteiger partial charge in [-0.2, -0.15) is 0 Å². The van der Waals surface area contributed by atoms with E-state index in [1.807, 2.05) is 24.3 Å². The Balaban J connectivity index is 2.05. The molecule has 1 unspecified atom stereocenters. The highest BCUT2D eigenvalue weighted by atomic mass is 16.5. The summed E-state index contributed by atoms with van der Waals surface area (Å²) >= 11 is 0. The Morgan fingerprint density at radius 3 is 2.75 bits per heavy atom. The first-order valence-electron chi connectivity index (χ1n) is 6.44. The second-order valence-corrected chi connectivity index (χ2v) is 5.26. The van der Waals surface area contributed by atoms with E-state index in [1.165, 1.54) is 13.8 Å². The number of hydrogen-bond donors (Lipinski definition) is 3. The molecule has 2 rings (SSSR count). The maximum atomic E-state index is 11.9. The summed E-state index contributed by atoms with van der Waals surface area (Å²) < 4.78 is 5.51. The first-order chi connectivity index (χ1) is 9.40. The molecule has 0 fully saturated rings. The number of para-hydroxylation sites is 1. The maximum Gasteiger partial charge on any atom is 0.328 e. The number of rotatable bonds is 3. The highest BCUT2D eigenvalue weighted by molar-refractivity contribution is 5.85. The van der Waals surface area contributed by atoms with Crippen molar-refractivity contribution in [2.45, 2.75) is 31.8 Å². The zero-order valence-electron chi connectivity index (χ0n) is 11.5. The number of hydrogen-bond acceptors (Lipinski definition) is 3. The molecule has 1 aromatic carbocycles. The standard InChI is InChI=1S/C14H18N2O4/c1-14(2,12(17)18)16-13(19)15-10-7-8-20-11-6-4-3-5-9(10)11/h3-6,10H,7-8H2,1-2H3,(H,17,18)(H2,15,16,19). The summed E-state index contributed by atoms with van der Waals surface area (Å²) in [7, 11) is 0. The number of amides is 2. The molecule has 20 heavy (non-hydrogen) atoms. The third kappa shape index (κ3) is 3.01. The molecule has 1 aliphatic heterocycles. The van der Waals surface area contributed by atoms with Gasteiger partial charge in [-0.05, 0) is 19.9 Å². The third-order valence-corrected chi connectivity index (χ3v) is 3.22. The highest BCUT2D eigenvalue weighted by Crippen LogP contribution is 2.31. The fraction of sp³-hybridized carbons (Fsp3) is 0.429. The van der Waals surface area contributed by atoms with Crippen LogP contribution in [0.2, 0.25) is 0 Å². The van der Waals surface area contributed by atoms with Gasteiger partial charge in [-0.25, -0.2) is 9.59 Å². The van der Waals surface area contributed by atoms with E-state index in [1.54, 1.807) is 0 Å². The molecule has 0 bridgehead atoms. The van der Waals surface area contributed by atoms with Crippen molar-refractivity contribution in [3.8, 4) is 5.75 Å². The molecule has 0 saturated carbocycles. The number of carbonyl (C=O) groups is 2. The van der Waals surface area contributed by atoms with Gasteiger partial charge in [-0.3, -0.25) is 0 Å². The molecule has 108 valence electrons. The van der Waals surface area contributed by atoms with Crippen LogP contribution in [0.25, 0.3) is 0 Å². The zero-order valence-corrected chi connectivity index (χ0v) is 11.5. The summed E-state index contributed by atoms with van der Waals surface area (Å²) in [6.45, 7) is 3.39. The fourth-order valence-corrected chi connectivity index (χ4v) is 2.02. The minimum absolute atomic E-state index is 0.176. The number of fused-ring (bicyclic) bond motifs is 1. The summed E-state index contributed by atoms with van der Waals surface area (Å²) in [5.41, 5.74) is -0.406. The van der Waals surface area contributed by atoms with Gasteiger partial charge in [0, 0.05) is 12.0 Å². The molecule has 0 spiro atoms. The van der Waals surface area contributed by atoms with Gasteiger partial charge in [0.1, 0.15) is 11.3 Å². The summed E-state index contributed by atoms with van der Waals surface area (Å²) in [5.74, 6) is -0.332. The van der Waals surface area contributed by atoms with Crippen LogP contribution in [0.5, 0.6) is 5.75 Å². The van der Waals surface area contributed by atoms with Crippen LogP contribution in [-0.2, 0) is 4.79 Å². The van der Waals surface area contributed by atoms with E-state index in [-0.39, 0.29) is 6.04 Å². The van der Waals surface area contributed by atoms with E-state index < -0.39 is 17.5 Å². The van der Waals surface area contributed by atoms with Crippen molar-refractivity contribution >= 4 is 12.0 Å². The van der Waals surface area contributed by atoms with Gasteiger partial charge in [0.2, 0.25) is 0 Å². The van der Waals surface area contributed by atoms with Crippen LogP contribution in [0.15, 0.2) is 24.3 Å². The van der Waals surface area contributed by atoms with Crippen molar-refractivity contribution in [1.82, 2.24) is 10.6 Å². The van der Waals surface area contributed by atoms with Crippen LogP contribution in [-0.4, -0.2) is 29.3 Å². The van der Waals surface area contributed by atoms with Crippen molar-refractivity contribution < 1.29 is 19.4 Å². The number of aliphatic carboxylic acids is 1. The number of carbonyl (C=O) groups excluding carboxylic acids is 1. The Hall–Kier alpha value is -2.24. The molecular weight excluding hydrogens is 260 g/mol. The smallest absolute Gasteiger partial charge is 0.328 e. The quantitative estimate of drug-likeness (QED) is 0.785. The predicted molar refractivity (Wildman–Crippen MR) is 72.7 cm³/mol. The number of urea groups is 1. The Bertz CT molecular complexity index is 528. The number of carboxylic acid groups (broad SMARTS) is 1. The second-order valence-electron chi connectivity index (χ2n) is 5.26. The predicted octanol–water partition coefficient (Wildman–Crippen LogP) is 1.67. The molecule has 6 nitrogen and oxygen atoms in total. The van der Waals surface area contributed by atoms with Crippen LogP contribution in [0.3, 0.4) is 0 Å². The third-order valence-electron chi connectivity index (χ3n) is 3.22. The van der Waals surface area contributed by atoms with Crippen LogP contribution in [0.1, 0.15) is 31.9 Å². The molecule has 1 atom stereocenters. The van der Waals surface area contributed by atoms with Crippen molar-refractivity contribution in [3.63, 3.8) is 0 Å². The van der Waals surface area contributed by atoms with Gasteiger partial charge in [0.05, 0.1) is 12.6 Å². The van der Waals surface area contributed by atoms with Crippen LogP contribution < -0.4 is 15.4 Å². The van der Waals surface area contributed by atoms with E-state index in [0.29, 0.717) is 13.0 Å². The van der Waals surface area contributed by atoms with Crippen molar-refractivity contribution in [1.29, 1.82) is 0 Å². The number of carboxylic acids is 1. The molecule has 6 heteroatoms. The summed E-state index contributed by atoms with van der Waals surface area (Å²) in [4.78, 5) is 22.9. The van der Waals surface area contributed by atoms with Crippen LogP contribution >= 0.6 is 0 Å². The zero-order chi connectivity index (χ0) is 14.8. The fourth-order valence-electron chi connectivity index (χ4n) is 2.02. The SMILES string of the molecule is CC(C)(NC(=O)NC1CCOc2ccccc21)C(=O)O. The van der Waals surface area contributed by atoms with Gasteiger partial charge in [-0.15, -0.1) is 0 Å². The minimum atomic E-state index is -1.31. The molecule has 1 aromatic rings. The normalized spacial score (nSPS) is 17.6. The van der Waals surface area contributed by atoms with Crippen molar-refractivity contribution in [2.24, 2.45) is 0 Å². The van der Waals surface area contributed by atoms with E-state index >= 15 is 0 Å². The topological polar surface area (TPSA) is 87.7 Å². The number of ether oxygens (including phenoxy) is 1. The Labute approximate surface area is 117 Å². The van der Waals surface area contributed by atoms with Gasteiger partial charge in [0.25, 0.3) is 0 Å².